The van der Waals surface area contributed by atoms with Gasteiger partial charge < -0.3 is 15.1 Å². The SMILES string of the molecule is CNCC1CCCN1C(=O)C1CCCN(C(=O)c2ccncc2)C1. The highest BCUT2D eigenvalue weighted by molar-refractivity contribution is 5.94. The van der Waals surface area contributed by atoms with Crippen molar-refractivity contribution in [2.75, 3.05) is 33.2 Å². The number of nitrogens with one attached hydrogen (secondary N) is 1. The smallest absolute Gasteiger partial charge is 0.253 e. The Hall–Kier alpha value is -1.95. The third kappa shape index (κ3) is 3.59. The van der Waals surface area contributed by atoms with Gasteiger partial charge in [-0.1, -0.05) is 0 Å². The van der Waals surface area contributed by atoms with Gasteiger partial charge in [-0.15, -0.1) is 0 Å². The monoisotopic (exact) mass is 330 g/mol. The summed E-state index contributed by atoms with van der Waals surface area (Å²) in [5, 5.41) is 3.18. The minimum atomic E-state index is -0.0676. The molecule has 6 heteroatoms. The summed E-state index contributed by atoms with van der Waals surface area (Å²) in [6, 6.07) is 3.77. The highest BCUT2D eigenvalue weighted by Crippen LogP contribution is 2.25. The van der Waals surface area contributed by atoms with Crippen LogP contribution in [-0.4, -0.2) is 65.9 Å². The molecule has 0 aliphatic carbocycles. The Kier molecular flexibility index (Phi) is 5.45. The molecule has 1 aromatic rings. The van der Waals surface area contributed by atoms with Gasteiger partial charge in [0.15, 0.2) is 0 Å². The molecule has 2 amide bonds. The first kappa shape index (κ1) is 16.9. The number of carbonyl (C=O) groups is 2. The lowest BCUT2D eigenvalue weighted by Crippen LogP contribution is -2.49. The molecule has 1 N–H and O–H groups in total. The molecule has 0 aromatic carbocycles. The number of likely N-dealkylation sites (tertiary alicyclic amines) is 2. The molecule has 130 valence electrons. The Morgan fingerprint density at radius 3 is 2.71 bits per heavy atom. The van der Waals surface area contributed by atoms with Crippen LogP contribution in [0.25, 0.3) is 0 Å². The van der Waals surface area contributed by atoms with Crippen LogP contribution in [-0.2, 0) is 4.79 Å². The Morgan fingerprint density at radius 2 is 1.96 bits per heavy atom. The summed E-state index contributed by atoms with van der Waals surface area (Å²) in [4.78, 5) is 33.4. The van der Waals surface area contributed by atoms with Crippen molar-refractivity contribution >= 4 is 11.8 Å². The van der Waals surface area contributed by atoms with Gasteiger partial charge in [-0.2, -0.15) is 0 Å². The number of aromatic nitrogens is 1. The molecule has 3 heterocycles. The minimum Gasteiger partial charge on any atom is -0.338 e. The molecule has 24 heavy (non-hydrogen) atoms. The van der Waals surface area contributed by atoms with E-state index in [4.69, 9.17) is 0 Å². The van der Waals surface area contributed by atoms with E-state index < -0.39 is 0 Å². The zero-order valence-electron chi connectivity index (χ0n) is 14.3. The number of pyridine rings is 1. The topological polar surface area (TPSA) is 65.5 Å². The average molecular weight is 330 g/mol. The standard InChI is InChI=1S/C18H26N4O2/c1-19-12-16-5-3-11-22(16)18(24)15-4-2-10-21(13-15)17(23)14-6-8-20-9-7-14/h6-9,15-16,19H,2-5,10-13H2,1H3. The molecule has 3 rings (SSSR count). The van der Waals surface area contributed by atoms with Crippen molar-refractivity contribution in [2.24, 2.45) is 5.92 Å². The lowest BCUT2D eigenvalue weighted by atomic mass is 9.95. The maximum absolute atomic E-state index is 12.9. The minimum absolute atomic E-state index is 0.00287. The second-order valence-corrected chi connectivity index (χ2v) is 6.71. The van der Waals surface area contributed by atoms with Gasteiger partial charge in [0.1, 0.15) is 0 Å². The molecule has 6 nitrogen and oxygen atoms in total. The fourth-order valence-electron chi connectivity index (χ4n) is 3.85. The van der Waals surface area contributed by atoms with Crippen LogP contribution in [0.5, 0.6) is 0 Å². The predicted molar refractivity (Wildman–Crippen MR) is 91.5 cm³/mol. The van der Waals surface area contributed by atoms with Crippen LogP contribution in [0.1, 0.15) is 36.0 Å². The summed E-state index contributed by atoms with van der Waals surface area (Å²) >= 11 is 0. The number of piperidine rings is 1. The predicted octanol–water partition coefficient (Wildman–Crippen LogP) is 1.14. The first-order chi connectivity index (χ1) is 11.7. The van der Waals surface area contributed by atoms with Crippen molar-refractivity contribution in [2.45, 2.75) is 31.7 Å². The second-order valence-electron chi connectivity index (χ2n) is 6.71. The molecular formula is C18H26N4O2. The highest BCUT2D eigenvalue weighted by Gasteiger charge is 2.35. The van der Waals surface area contributed by atoms with Crippen LogP contribution in [0.4, 0.5) is 0 Å². The summed E-state index contributed by atoms with van der Waals surface area (Å²) in [6.07, 6.45) is 7.17. The van der Waals surface area contributed by atoms with Gasteiger partial charge >= 0.3 is 0 Å². The number of hydrogen-bond donors (Lipinski definition) is 1. The summed E-state index contributed by atoms with van der Waals surface area (Å²) in [5.74, 6) is 0.157. The molecule has 0 bridgehead atoms. The van der Waals surface area contributed by atoms with Crippen LogP contribution in [0.15, 0.2) is 24.5 Å². The largest absolute Gasteiger partial charge is 0.338 e. The van der Waals surface area contributed by atoms with Gasteiger partial charge in [-0.3, -0.25) is 14.6 Å². The summed E-state index contributed by atoms with van der Waals surface area (Å²) < 4.78 is 0. The number of rotatable bonds is 4. The quantitative estimate of drug-likeness (QED) is 0.899. The molecule has 2 saturated heterocycles. The number of nitrogens with zero attached hydrogens (tertiary/aromatic N) is 3. The van der Waals surface area contributed by atoms with Crippen LogP contribution >= 0.6 is 0 Å². The third-order valence-electron chi connectivity index (χ3n) is 5.09. The van der Waals surface area contributed by atoms with Gasteiger partial charge in [0.2, 0.25) is 5.91 Å². The molecule has 2 aliphatic heterocycles. The lowest BCUT2D eigenvalue weighted by molar-refractivity contribution is -0.137. The van der Waals surface area contributed by atoms with E-state index >= 15 is 0 Å². The number of amides is 2. The van der Waals surface area contributed by atoms with E-state index in [-0.39, 0.29) is 17.7 Å². The zero-order chi connectivity index (χ0) is 16.9. The summed E-state index contributed by atoms with van der Waals surface area (Å²) in [5.41, 5.74) is 0.646. The maximum Gasteiger partial charge on any atom is 0.253 e. The molecule has 0 spiro atoms. The van der Waals surface area contributed by atoms with Gasteiger partial charge in [0.25, 0.3) is 5.91 Å². The highest BCUT2D eigenvalue weighted by atomic mass is 16.2. The maximum atomic E-state index is 12.9. The molecule has 0 radical (unpaired) electrons. The first-order valence-corrected chi connectivity index (χ1v) is 8.85. The van der Waals surface area contributed by atoms with Crippen molar-refractivity contribution in [1.82, 2.24) is 20.1 Å². The molecule has 2 aliphatic rings. The van der Waals surface area contributed by atoms with Crippen LogP contribution < -0.4 is 5.32 Å². The summed E-state index contributed by atoms with van der Waals surface area (Å²) in [7, 11) is 1.93. The number of carbonyl (C=O) groups excluding carboxylic acids is 2. The first-order valence-electron chi connectivity index (χ1n) is 8.85. The third-order valence-corrected chi connectivity index (χ3v) is 5.09. The Morgan fingerprint density at radius 1 is 1.21 bits per heavy atom. The molecule has 2 atom stereocenters. The fraction of sp³-hybridized carbons (Fsp3) is 0.611. The van der Waals surface area contributed by atoms with Crippen molar-refractivity contribution < 1.29 is 9.59 Å². The van der Waals surface area contributed by atoms with Crippen molar-refractivity contribution in [3.63, 3.8) is 0 Å². The van der Waals surface area contributed by atoms with Crippen LogP contribution in [0.2, 0.25) is 0 Å². The van der Waals surface area contributed by atoms with Crippen LogP contribution in [0, 0.1) is 5.92 Å². The Balaban J connectivity index is 1.65. The molecule has 2 fully saturated rings. The molecular weight excluding hydrogens is 304 g/mol. The van der Waals surface area contributed by atoms with E-state index in [2.05, 4.69) is 10.3 Å². The number of likely N-dealkylation sites (N-methyl/N-ethyl adjacent to an activating group) is 1. The Labute approximate surface area is 143 Å². The van der Waals surface area contributed by atoms with Crippen molar-refractivity contribution in [3.05, 3.63) is 30.1 Å². The normalized spacial score (nSPS) is 24.2. The fourth-order valence-corrected chi connectivity index (χ4v) is 3.85. The molecule has 2 unspecified atom stereocenters. The van der Waals surface area contributed by atoms with Crippen LogP contribution in [0.3, 0.4) is 0 Å². The van der Waals surface area contributed by atoms with Gasteiger partial charge in [0.05, 0.1) is 5.92 Å². The zero-order valence-corrected chi connectivity index (χ0v) is 14.3. The van der Waals surface area contributed by atoms with E-state index in [9.17, 15) is 9.59 Å². The van der Waals surface area contributed by atoms with E-state index in [0.29, 0.717) is 18.2 Å². The summed E-state index contributed by atoms with van der Waals surface area (Å²) in [6.45, 7) is 2.95. The average Bonchev–Trinajstić information content (AvgIpc) is 3.10. The van der Waals surface area contributed by atoms with E-state index in [1.54, 1.807) is 24.5 Å². The van der Waals surface area contributed by atoms with Crippen molar-refractivity contribution in [3.8, 4) is 0 Å². The lowest BCUT2D eigenvalue weighted by Gasteiger charge is -2.35. The Bertz CT molecular complexity index is 578. The van der Waals surface area contributed by atoms with E-state index in [1.165, 1.54) is 0 Å². The van der Waals surface area contributed by atoms with E-state index in [0.717, 1.165) is 45.3 Å². The van der Waals surface area contributed by atoms with Gasteiger partial charge in [-0.25, -0.2) is 0 Å². The molecule has 0 saturated carbocycles. The van der Waals surface area contributed by atoms with Gasteiger partial charge in [-0.05, 0) is 44.9 Å². The van der Waals surface area contributed by atoms with Gasteiger partial charge in [0, 0.05) is 50.2 Å². The van der Waals surface area contributed by atoms with Crippen molar-refractivity contribution in [1.29, 1.82) is 0 Å². The second kappa shape index (κ2) is 7.75. The molecule has 1 aromatic heterocycles. The number of hydrogen-bond acceptors (Lipinski definition) is 4. The van der Waals surface area contributed by atoms with E-state index in [1.807, 2.05) is 16.8 Å².